The Morgan fingerprint density at radius 1 is 0.650 bits per heavy atom. The molecule has 2 fully saturated rings. The third kappa shape index (κ3) is 14.5. The smallest absolute Gasteiger partial charge is 0.310 e. The first-order valence-electron chi connectivity index (χ1n) is 15.6. The minimum Gasteiger partial charge on any atom is -0.481 e. The van der Waals surface area contributed by atoms with Gasteiger partial charge in [-0.1, -0.05) is 64.7 Å². The fraction of sp³-hybridized carbons (Fsp3) is 0.875. The molecular formula is C32H57NO7. The molecule has 0 aromatic heterocycles. The fourth-order valence-electron chi connectivity index (χ4n) is 5.44. The Morgan fingerprint density at radius 3 is 1.50 bits per heavy atom. The summed E-state index contributed by atoms with van der Waals surface area (Å²) in [5.41, 5.74) is -1.04. The van der Waals surface area contributed by atoms with E-state index in [1.807, 2.05) is 20.8 Å². The van der Waals surface area contributed by atoms with E-state index in [0.29, 0.717) is 12.8 Å². The number of unbranched alkanes of at least 4 members (excludes halogenated alkanes) is 5. The highest BCUT2D eigenvalue weighted by Crippen LogP contribution is 2.33. The minimum absolute atomic E-state index is 0.0408. The minimum atomic E-state index is -0.879. The lowest BCUT2D eigenvalue weighted by molar-refractivity contribution is -0.168. The molecule has 2 aliphatic carbocycles. The van der Waals surface area contributed by atoms with E-state index in [1.54, 1.807) is 20.8 Å². The maximum atomic E-state index is 12.5. The molecule has 0 saturated heterocycles. The van der Waals surface area contributed by atoms with Crippen molar-refractivity contribution in [3.05, 3.63) is 0 Å². The van der Waals surface area contributed by atoms with Gasteiger partial charge in [-0.25, -0.2) is 0 Å². The van der Waals surface area contributed by atoms with Crippen molar-refractivity contribution < 1.29 is 33.8 Å². The lowest BCUT2D eigenvalue weighted by Gasteiger charge is -2.31. The number of carboxylic acid groups (broad SMARTS) is 1. The summed E-state index contributed by atoms with van der Waals surface area (Å²) in [4.78, 5) is 47.8. The SMILES string of the molecule is CC(C)(C)OC(=O)C1CCCC[C@@H]1C(=O)O.CCCCCCCCNC(=O)[C@H]1CCCCC1C(=O)OC(C)(C)C. The monoisotopic (exact) mass is 567 g/mol. The fourth-order valence-corrected chi connectivity index (χ4v) is 5.44. The van der Waals surface area contributed by atoms with E-state index in [-0.39, 0.29) is 29.7 Å². The summed E-state index contributed by atoms with van der Waals surface area (Å²) in [6.07, 6.45) is 13.9. The zero-order valence-corrected chi connectivity index (χ0v) is 26.3. The van der Waals surface area contributed by atoms with Crippen molar-refractivity contribution in [1.29, 1.82) is 0 Å². The maximum Gasteiger partial charge on any atom is 0.310 e. The molecule has 2 unspecified atom stereocenters. The molecule has 1 amide bonds. The second-order valence-corrected chi connectivity index (χ2v) is 13.5. The highest BCUT2D eigenvalue weighted by Gasteiger charge is 2.39. The molecule has 0 spiro atoms. The number of carboxylic acids is 1. The van der Waals surface area contributed by atoms with E-state index in [1.165, 1.54) is 32.1 Å². The van der Waals surface area contributed by atoms with Crippen molar-refractivity contribution in [3.63, 3.8) is 0 Å². The zero-order valence-electron chi connectivity index (χ0n) is 26.3. The number of nitrogens with one attached hydrogen (secondary N) is 1. The summed E-state index contributed by atoms with van der Waals surface area (Å²) in [5, 5.41) is 12.1. The molecule has 0 aromatic rings. The Labute approximate surface area is 242 Å². The standard InChI is InChI=1S/C20H37NO3.C12H20O4/c1-5-6-7-8-9-12-15-21-18(22)16-13-10-11-14-17(16)19(23)24-20(2,3)4;1-12(2,3)16-11(15)9-7-5-4-6-8(9)10(13)14/h16-17H,5-15H2,1-4H3,(H,21,22);8-9H,4-7H2,1-3H3,(H,13,14)/t16-,17?;8-,9?/m00/s1. The summed E-state index contributed by atoms with van der Waals surface area (Å²) >= 11 is 0. The van der Waals surface area contributed by atoms with E-state index in [9.17, 15) is 19.2 Å². The summed E-state index contributed by atoms with van der Waals surface area (Å²) < 4.78 is 10.8. The Hall–Kier alpha value is -2.12. The molecule has 40 heavy (non-hydrogen) atoms. The van der Waals surface area contributed by atoms with Crippen LogP contribution in [0.2, 0.25) is 0 Å². The molecule has 0 radical (unpaired) electrons. The van der Waals surface area contributed by atoms with Crippen LogP contribution in [-0.2, 0) is 28.7 Å². The van der Waals surface area contributed by atoms with Crippen molar-refractivity contribution in [2.45, 2.75) is 150 Å². The van der Waals surface area contributed by atoms with E-state index < -0.39 is 29.0 Å². The molecule has 0 aromatic carbocycles. The number of ether oxygens (including phenoxy) is 2. The number of hydrogen-bond donors (Lipinski definition) is 2. The van der Waals surface area contributed by atoms with Crippen LogP contribution in [0, 0.1) is 23.7 Å². The molecular weight excluding hydrogens is 510 g/mol. The predicted octanol–water partition coefficient (Wildman–Crippen LogP) is 6.83. The number of hydrogen-bond acceptors (Lipinski definition) is 6. The summed E-state index contributed by atoms with van der Waals surface area (Å²) in [6, 6.07) is 0. The molecule has 4 atom stereocenters. The van der Waals surface area contributed by atoms with E-state index in [2.05, 4.69) is 12.2 Å². The van der Waals surface area contributed by atoms with Crippen molar-refractivity contribution in [1.82, 2.24) is 5.32 Å². The number of carbonyl (C=O) groups excluding carboxylic acids is 3. The Bertz CT molecular complexity index is 796. The average molecular weight is 568 g/mol. The quantitative estimate of drug-likeness (QED) is 0.207. The van der Waals surface area contributed by atoms with Crippen molar-refractivity contribution in [2.24, 2.45) is 23.7 Å². The van der Waals surface area contributed by atoms with E-state index in [0.717, 1.165) is 51.5 Å². The number of aliphatic carboxylic acids is 1. The van der Waals surface area contributed by atoms with Crippen LogP contribution in [0.1, 0.15) is 138 Å². The van der Waals surface area contributed by atoms with Crippen molar-refractivity contribution >= 4 is 23.8 Å². The van der Waals surface area contributed by atoms with Gasteiger partial charge in [-0.3, -0.25) is 19.2 Å². The van der Waals surface area contributed by atoms with Crippen LogP contribution in [-0.4, -0.2) is 46.7 Å². The molecule has 8 nitrogen and oxygen atoms in total. The number of esters is 2. The van der Waals surface area contributed by atoms with Gasteiger partial charge in [-0.2, -0.15) is 0 Å². The average Bonchev–Trinajstić information content (AvgIpc) is 2.86. The molecule has 8 heteroatoms. The third-order valence-corrected chi connectivity index (χ3v) is 7.43. The van der Waals surface area contributed by atoms with Gasteiger partial charge in [0.25, 0.3) is 0 Å². The highest BCUT2D eigenvalue weighted by molar-refractivity contribution is 5.85. The molecule has 2 N–H and O–H groups in total. The van der Waals surface area contributed by atoms with Crippen LogP contribution < -0.4 is 5.32 Å². The van der Waals surface area contributed by atoms with Crippen molar-refractivity contribution in [3.8, 4) is 0 Å². The Morgan fingerprint density at radius 2 is 1.05 bits per heavy atom. The van der Waals surface area contributed by atoms with Gasteiger partial charge in [0.05, 0.1) is 23.7 Å². The lowest BCUT2D eigenvalue weighted by Crippen LogP contribution is -2.42. The zero-order chi connectivity index (χ0) is 30.3. The molecule has 0 heterocycles. The molecule has 2 saturated carbocycles. The van der Waals surface area contributed by atoms with Gasteiger partial charge in [0, 0.05) is 6.54 Å². The number of carbonyl (C=O) groups is 4. The predicted molar refractivity (Wildman–Crippen MR) is 157 cm³/mol. The number of amides is 1. The number of rotatable bonds is 11. The molecule has 0 bridgehead atoms. The van der Waals surface area contributed by atoms with Gasteiger partial charge in [0.2, 0.25) is 5.91 Å². The second kappa shape index (κ2) is 17.6. The summed E-state index contributed by atoms with van der Waals surface area (Å²) in [5.74, 6) is -2.93. The lowest BCUT2D eigenvalue weighted by atomic mass is 9.78. The molecule has 2 aliphatic rings. The molecule has 2 rings (SSSR count). The first kappa shape index (κ1) is 35.9. The first-order valence-corrected chi connectivity index (χ1v) is 15.6. The van der Waals surface area contributed by atoms with Gasteiger partial charge in [-0.05, 0) is 73.6 Å². The van der Waals surface area contributed by atoms with Gasteiger partial charge in [0.15, 0.2) is 0 Å². The highest BCUT2D eigenvalue weighted by atomic mass is 16.6. The van der Waals surface area contributed by atoms with Gasteiger partial charge >= 0.3 is 17.9 Å². The van der Waals surface area contributed by atoms with Gasteiger partial charge < -0.3 is 19.9 Å². The normalized spacial score (nSPS) is 23.3. The molecule has 232 valence electrons. The largest absolute Gasteiger partial charge is 0.481 e. The van der Waals surface area contributed by atoms with E-state index in [4.69, 9.17) is 14.6 Å². The van der Waals surface area contributed by atoms with Crippen LogP contribution in [0.3, 0.4) is 0 Å². The van der Waals surface area contributed by atoms with Crippen LogP contribution in [0.4, 0.5) is 0 Å². The Balaban J connectivity index is 0.000000433. The van der Waals surface area contributed by atoms with Crippen molar-refractivity contribution in [2.75, 3.05) is 6.54 Å². The maximum absolute atomic E-state index is 12.5. The van der Waals surface area contributed by atoms with Crippen LogP contribution >= 0.6 is 0 Å². The molecule has 0 aliphatic heterocycles. The van der Waals surface area contributed by atoms with Gasteiger partial charge in [0.1, 0.15) is 11.2 Å². The summed E-state index contributed by atoms with van der Waals surface area (Å²) in [7, 11) is 0. The Kier molecular flexibility index (Phi) is 15.8. The first-order chi connectivity index (χ1) is 18.7. The van der Waals surface area contributed by atoms with Crippen LogP contribution in [0.25, 0.3) is 0 Å². The summed E-state index contributed by atoms with van der Waals surface area (Å²) in [6.45, 7) is 14.0. The van der Waals surface area contributed by atoms with Crippen LogP contribution in [0.5, 0.6) is 0 Å². The van der Waals surface area contributed by atoms with Crippen LogP contribution in [0.15, 0.2) is 0 Å². The van der Waals surface area contributed by atoms with Gasteiger partial charge in [-0.15, -0.1) is 0 Å². The topological polar surface area (TPSA) is 119 Å². The van der Waals surface area contributed by atoms with E-state index >= 15 is 0 Å². The second-order valence-electron chi connectivity index (χ2n) is 13.5. The third-order valence-electron chi connectivity index (χ3n) is 7.43.